The Hall–Kier alpha value is -4.32. The van der Waals surface area contributed by atoms with E-state index >= 15 is 0 Å². The highest BCUT2D eigenvalue weighted by molar-refractivity contribution is 6.31. The summed E-state index contributed by atoms with van der Waals surface area (Å²) in [5, 5.41) is 19.9. The van der Waals surface area contributed by atoms with Gasteiger partial charge in [0.05, 0.1) is 5.56 Å². The van der Waals surface area contributed by atoms with Gasteiger partial charge < -0.3 is 25.2 Å². The monoisotopic (exact) mass is 595 g/mol. The Balaban J connectivity index is 0.000000745. The number of carboxylic acid groups (broad SMARTS) is 2. The molecule has 9 nitrogen and oxygen atoms in total. The number of carboxylic acids is 2. The van der Waals surface area contributed by atoms with Crippen LogP contribution < -0.4 is 10.1 Å². The average Bonchev–Trinajstić information content (AvgIpc) is 2.90. The van der Waals surface area contributed by atoms with Crippen LogP contribution in [0, 0.1) is 5.92 Å². The van der Waals surface area contributed by atoms with Gasteiger partial charge in [0.1, 0.15) is 12.4 Å². The summed E-state index contributed by atoms with van der Waals surface area (Å²) in [6.07, 6.45) is -1.66. The summed E-state index contributed by atoms with van der Waals surface area (Å²) < 4.78 is 37.6. The first-order valence-electron chi connectivity index (χ1n) is 12.2. The van der Waals surface area contributed by atoms with Crippen LogP contribution in [0.2, 0.25) is 5.02 Å². The Labute approximate surface area is 239 Å². The van der Waals surface area contributed by atoms with Crippen LogP contribution in [0.5, 0.6) is 5.75 Å². The first-order chi connectivity index (χ1) is 19.3. The van der Waals surface area contributed by atoms with Gasteiger partial charge in [-0.2, -0.15) is 13.2 Å². The van der Waals surface area contributed by atoms with Gasteiger partial charge in [-0.3, -0.25) is 9.78 Å². The van der Waals surface area contributed by atoms with Crippen molar-refractivity contribution in [1.29, 1.82) is 0 Å². The molecule has 41 heavy (non-hydrogen) atoms. The maximum atomic E-state index is 13.4. The van der Waals surface area contributed by atoms with Gasteiger partial charge in [0, 0.05) is 48.3 Å². The highest BCUT2D eigenvalue weighted by atomic mass is 35.5. The Morgan fingerprint density at radius 1 is 1.00 bits per heavy atom. The molecule has 1 amide bonds. The van der Waals surface area contributed by atoms with Crippen LogP contribution in [0.25, 0.3) is 0 Å². The maximum absolute atomic E-state index is 13.4. The minimum absolute atomic E-state index is 0.168. The van der Waals surface area contributed by atoms with Crippen LogP contribution in [0.3, 0.4) is 0 Å². The highest BCUT2D eigenvalue weighted by Crippen LogP contribution is 2.23. The first-order valence-corrected chi connectivity index (χ1v) is 12.6. The van der Waals surface area contributed by atoms with Gasteiger partial charge in [0.25, 0.3) is 5.91 Å². The molecule has 0 aliphatic heterocycles. The number of carbonyl (C=O) groups excluding carboxylic acids is 1. The quantitative estimate of drug-likeness (QED) is 0.235. The Kier molecular flexibility index (Phi) is 12.4. The van der Waals surface area contributed by atoms with Crippen molar-refractivity contribution in [2.45, 2.75) is 26.6 Å². The number of benzene rings is 2. The fourth-order valence-electron chi connectivity index (χ4n) is 3.42. The topological polar surface area (TPSA) is 129 Å². The molecule has 0 saturated carbocycles. The van der Waals surface area contributed by atoms with E-state index in [2.05, 4.69) is 10.3 Å². The van der Waals surface area contributed by atoms with Gasteiger partial charge in [-0.1, -0.05) is 37.6 Å². The van der Waals surface area contributed by atoms with Crippen molar-refractivity contribution in [3.05, 3.63) is 88.7 Å². The summed E-state index contributed by atoms with van der Waals surface area (Å²) in [6.45, 7) is 5.94. The van der Waals surface area contributed by atoms with Crippen molar-refractivity contribution < 1.29 is 42.5 Å². The zero-order valence-corrected chi connectivity index (χ0v) is 22.9. The van der Waals surface area contributed by atoms with Crippen molar-refractivity contribution in [3.8, 4) is 5.75 Å². The van der Waals surface area contributed by atoms with E-state index in [1.165, 1.54) is 0 Å². The molecule has 13 heteroatoms. The van der Waals surface area contributed by atoms with Crippen LogP contribution in [-0.4, -0.2) is 63.8 Å². The number of halogens is 4. The molecule has 0 aliphatic carbocycles. The number of hydrogen-bond acceptors (Lipinski definition) is 6. The van der Waals surface area contributed by atoms with Crippen LogP contribution in [-0.2, 0) is 11.3 Å². The standard InChI is InChI=1S/C26H28ClN3O4.C2HF3O2/c1-18(2)16-30(17-19-3-5-20(6-4-19)26(32)33)25(31)21-13-22(27)15-24(14-21)34-12-11-29-23-7-9-28-10-8-23;3-2(4,5)1(6)7/h3-10,13-15,18H,11-12,16-17H2,1-2H3,(H,28,29)(H,32,33);(H,6,7). The van der Waals surface area contributed by atoms with Crippen molar-refractivity contribution in [2.24, 2.45) is 5.92 Å². The van der Waals surface area contributed by atoms with Crippen LogP contribution in [0.15, 0.2) is 67.0 Å². The van der Waals surface area contributed by atoms with Gasteiger partial charge >= 0.3 is 18.1 Å². The number of aromatic carboxylic acids is 1. The number of aliphatic carboxylic acids is 1. The zero-order chi connectivity index (χ0) is 30.6. The number of nitrogens with zero attached hydrogens (tertiary/aromatic N) is 2. The molecule has 0 bridgehead atoms. The summed E-state index contributed by atoms with van der Waals surface area (Å²) in [4.78, 5) is 39.1. The lowest BCUT2D eigenvalue weighted by atomic mass is 10.1. The molecule has 0 aliphatic rings. The lowest BCUT2D eigenvalue weighted by molar-refractivity contribution is -0.192. The molecule has 220 valence electrons. The van der Waals surface area contributed by atoms with E-state index in [0.717, 1.165) is 11.3 Å². The molecule has 2 aromatic carbocycles. The number of rotatable bonds is 11. The van der Waals surface area contributed by atoms with Crippen molar-refractivity contribution in [1.82, 2.24) is 9.88 Å². The van der Waals surface area contributed by atoms with E-state index in [9.17, 15) is 22.8 Å². The SMILES string of the molecule is CC(C)CN(Cc1ccc(C(=O)O)cc1)C(=O)c1cc(Cl)cc(OCCNc2ccncc2)c1.O=C(O)C(F)(F)F. The van der Waals surface area contributed by atoms with Crippen LogP contribution >= 0.6 is 11.6 Å². The fraction of sp³-hybridized carbons (Fsp3) is 0.286. The first kappa shape index (κ1) is 32.9. The summed E-state index contributed by atoms with van der Waals surface area (Å²) in [5.74, 6) is -3.14. The molecule has 3 rings (SSSR count). The summed E-state index contributed by atoms with van der Waals surface area (Å²) in [7, 11) is 0. The minimum atomic E-state index is -5.08. The van der Waals surface area contributed by atoms with Crippen molar-refractivity contribution in [3.63, 3.8) is 0 Å². The van der Waals surface area contributed by atoms with Crippen molar-refractivity contribution in [2.75, 3.05) is 25.0 Å². The van der Waals surface area contributed by atoms with E-state index in [4.69, 9.17) is 31.3 Å². The number of ether oxygens (including phenoxy) is 1. The molecular formula is C28H29ClF3N3O6. The number of amides is 1. The molecular weight excluding hydrogens is 567 g/mol. The number of alkyl halides is 3. The Morgan fingerprint density at radius 3 is 2.15 bits per heavy atom. The molecule has 0 radical (unpaired) electrons. The molecule has 0 unspecified atom stereocenters. The third-order valence-corrected chi connectivity index (χ3v) is 5.41. The Morgan fingerprint density at radius 2 is 1.61 bits per heavy atom. The van der Waals surface area contributed by atoms with E-state index in [1.807, 2.05) is 26.0 Å². The third-order valence-electron chi connectivity index (χ3n) is 5.19. The second-order valence-corrected chi connectivity index (χ2v) is 9.51. The lowest BCUT2D eigenvalue weighted by Gasteiger charge is -2.25. The number of nitrogens with one attached hydrogen (secondary N) is 1. The van der Waals surface area contributed by atoms with E-state index < -0.39 is 18.1 Å². The average molecular weight is 596 g/mol. The molecule has 0 atom stereocenters. The van der Waals surface area contributed by atoms with Crippen LogP contribution in [0.4, 0.5) is 18.9 Å². The Bertz CT molecular complexity index is 1310. The van der Waals surface area contributed by atoms with Gasteiger partial charge in [0.2, 0.25) is 0 Å². The van der Waals surface area contributed by atoms with Gasteiger partial charge in [-0.25, -0.2) is 9.59 Å². The fourth-order valence-corrected chi connectivity index (χ4v) is 3.64. The zero-order valence-electron chi connectivity index (χ0n) is 22.2. The van der Waals surface area contributed by atoms with Gasteiger partial charge in [-0.15, -0.1) is 0 Å². The lowest BCUT2D eigenvalue weighted by Crippen LogP contribution is -2.33. The second-order valence-electron chi connectivity index (χ2n) is 9.07. The van der Waals surface area contributed by atoms with E-state index in [0.29, 0.717) is 42.6 Å². The maximum Gasteiger partial charge on any atom is 0.490 e. The molecule has 1 aromatic heterocycles. The summed E-state index contributed by atoms with van der Waals surface area (Å²) in [5.41, 5.74) is 2.44. The molecule has 3 N–H and O–H groups in total. The number of hydrogen-bond donors (Lipinski definition) is 3. The smallest absolute Gasteiger partial charge is 0.490 e. The predicted octanol–water partition coefficient (Wildman–Crippen LogP) is 5.86. The summed E-state index contributed by atoms with van der Waals surface area (Å²) in [6, 6.07) is 15.3. The third kappa shape index (κ3) is 11.8. The van der Waals surface area contributed by atoms with E-state index in [1.54, 1.807) is 59.8 Å². The van der Waals surface area contributed by atoms with Gasteiger partial charge in [-0.05, 0) is 53.9 Å². The summed E-state index contributed by atoms with van der Waals surface area (Å²) >= 11 is 6.29. The number of pyridine rings is 1. The van der Waals surface area contributed by atoms with Gasteiger partial charge in [0.15, 0.2) is 0 Å². The van der Waals surface area contributed by atoms with Crippen LogP contribution in [0.1, 0.15) is 40.1 Å². The molecule has 3 aromatic rings. The van der Waals surface area contributed by atoms with E-state index in [-0.39, 0.29) is 17.4 Å². The largest absolute Gasteiger partial charge is 0.492 e. The number of anilines is 1. The number of carbonyl (C=O) groups is 3. The normalized spacial score (nSPS) is 10.8. The molecule has 0 fully saturated rings. The van der Waals surface area contributed by atoms with Crippen molar-refractivity contribution >= 4 is 35.1 Å². The predicted molar refractivity (Wildman–Crippen MR) is 146 cm³/mol. The molecule has 0 saturated heterocycles. The second kappa shape index (κ2) is 15.5. The molecule has 1 heterocycles. The highest BCUT2D eigenvalue weighted by Gasteiger charge is 2.38. The minimum Gasteiger partial charge on any atom is -0.492 e. The molecule has 0 spiro atoms. The number of aromatic nitrogens is 1.